The van der Waals surface area contributed by atoms with Crippen molar-refractivity contribution < 1.29 is 18.6 Å². The topological polar surface area (TPSA) is 78.0 Å². The Kier molecular flexibility index (Phi) is 5.94. The number of hydrogen-bond donors (Lipinski definition) is 1. The van der Waals surface area contributed by atoms with Crippen LogP contribution in [0.15, 0.2) is 61.4 Å². The highest BCUT2D eigenvalue weighted by Crippen LogP contribution is 2.38. The Balaban J connectivity index is 1.76. The molecule has 4 aromatic rings. The van der Waals surface area contributed by atoms with Gasteiger partial charge in [0.25, 0.3) is 0 Å². The lowest BCUT2D eigenvalue weighted by Crippen LogP contribution is -2.40. The Morgan fingerprint density at radius 2 is 2.00 bits per heavy atom. The number of rotatable bonds is 7. The van der Waals surface area contributed by atoms with Crippen LogP contribution in [0.1, 0.15) is 18.5 Å². The van der Waals surface area contributed by atoms with Crippen LogP contribution in [0, 0.1) is 11.6 Å². The lowest BCUT2D eigenvalue weighted by molar-refractivity contribution is -0.0368. The third kappa shape index (κ3) is 4.09. The van der Waals surface area contributed by atoms with Gasteiger partial charge >= 0.3 is 0 Å². The number of aromatic nitrogens is 5. The van der Waals surface area contributed by atoms with Crippen LogP contribution >= 0.6 is 11.6 Å². The number of ether oxygens (including phenoxy) is 1. The fourth-order valence-electron chi connectivity index (χ4n) is 3.66. The van der Waals surface area contributed by atoms with Crippen molar-refractivity contribution in [3.8, 4) is 16.9 Å². The molecule has 4 rings (SSSR count). The third-order valence-electron chi connectivity index (χ3n) is 5.43. The molecule has 0 fully saturated rings. The van der Waals surface area contributed by atoms with Gasteiger partial charge in [-0.15, -0.1) is 0 Å². The first-order chi connectivity index (χ1) is 15.3. The molecule has 2 heterocycles. The van der Waals surface area contributed by atoms with Crippen LogP contribution in [0.2, 0.25) is 5.02 Å². The maximum Gasteiger partial charge on any atom is 0.137 e. The molecule has 0 radical (unpaired) electrons. The number of benzene rings is 2. The molecule has 10 heteroatoms. The molecule has 0 aliphatic carbocycles. The Bertz CT molecular complexity index is 1230. The van der Waals surface area contributed by atoms with Gasteiger partial charge in [-0.3, -0.25) is 4.68 Å². The molecule has 7 nitrogen and oxygen atoms in total. The summed E-state index contributed by atoms with van der Waals surface area (Å²) < 4.78 is 36.6. The monoisotopic (exact) mass is 459 g/mol. The predicted molar refractivity (Wildman–Crippen MR) is 114 cm³/mol. The van der Waals surface area contributed by atoms with Crippen molar-refractivity contribution in [3.05, 3.63) is 83.7 Å². The highest BCUT2D eigenvalue weighted by molar-refractivity contribution is 6.30. The molecule has 32 heavy (non-hydrogen) atoms. The lowest BCUT2D eigenvalue weighted by atomic mass is 9.86. The van der Waals surface area contributed by atoms with Crippen molar-refractivity contribution in [2.75, 3.05) is 7.11 Å². The standard InChI is InChI=1S/C22H20ClF2N5O2/c1-14(30-10-15(9-27-30)18-5-3-16(23)7-21(18)32-2)22(31,11-29-13-26-12-28-29)19-6-4-17(24)8-20(19)25/h3-10,12-14,31H,11H2,1-2H3/t14-,22-/m1/s1. The molecule has 166 valence electrons. The van der Waals surface area contributed by atoms with Crippen LogP contribution in [-0.2, 0) is 12.1 Å². The van der Waals surface area contributed by atoms with Crippen LogP contribution in [0.25, 0.3) is 11.1 Å². The molecular weight excluding hydrogens is 440 g/mol. The van der Waals surface area contributed by atoms with Crippen LogP contribution in [0.5, 0.6) is 5.75 Å². The van der Waals surface area contributed by atoms with Gasteiger partial charge in [0.2, 0.25) is 0 Å². The van der Waals surface area contributed by atoms with Crippen molar-refractivity contribution in [2.24, 2.45) is 0 Å². The summed E-state index contributed by atoms with van der Waals surface area (Å²) in [6.45, 7) is 1.56. The molecule has 2 atom stereocenters. The maximum absolute atomic E-state index is 14.8. The number of halogens is 3. The van der Waals surface area contributed by atoms with E-state index in [1.807, 2.05) is 0 Å². The number of methoxy groups -OCH3 is 1. The normalized spacial score (nSPS) is 14.2. The first kappa shape index (κ1) is 21.9. The van der Waals surface area contributed by atoms with E-state index in [2.05, 4.69) is 15.2 Å². The van der Waals surface area contributed by atoms with Gasteiger partial charge in [0.15, 0.2) is 0 Å². The Morgan fingerprint density at radius 1 is 1.19 bits per heavy atom. The number of nitrogens with zero attached hydrogens (tertiary/aromatic N) is 5. The first-order valence-corrected chi connectivity index (χ1v) is 10.1. The molecule has 0 unspecified atom stereocenters. The van der Waals surface area contributed by atoms with Gasteiger partial charge in [-0.05, 0) is 31.2 Å². The van der Waals surface area contributed by atoms with E-state index in [4.69, 9.17) is 16.3 Å². The summed E-state index contributed by atoms with van der Waals surface area (Å²) in [4.78, 5) is 3.88. The average molecular weight is 460 g/mol. The van der Waals surface area contributed by atoms with Crippen LogP contribution < -0.4 is 4.74 Å². The van der Waals surface area contributed by atoms with Gasteiger partial charge in [-0.2, -0.15) is 10.2 Å². The summed E-state index contributed by atoms with van der Waals surface area (Å²) in [5.74, 6) is -1.04. The summed E-state index contributed by atoms with van der Waals surface area (Å²) in [5, 5.41) is 20.6. The second kappa shape index (κ2) is 8.68. The average Bonchev–Trinajstić information content (AvgIpc) is 3.45. The van der Waals surface area contributed by atoms with Crippen molar-refractivity contribution >= 4 is 11.6 Å². The van der Waals surface area contributed by atoms with Crippen LogP contribution in [0.3, 0.4) is 0 Å². The Hall–Kier alpha value is -3.30. The van der Waals surface area contributed by atoms with E-state index >= 15 is 0 Å². The zero-order valence-electron chi connectivity index (χ0n) is 17.3. The van der Waals surface area contributed by atoms with E-state index in [0.29, 0.717) is 16.3 Å². The molecule has 0 amide bonds. The second-order valence-corrected chi connectivity index (χ2v) is 7.81. The van der Waals surface area contributed by atoms with Gasteiger partial charge in [-0.25, -0.2) is 18.4 Å². The first-order valence-electron chi connectivity index (χ1n) is 9.70. The highest BCUT2D eigenvalue weighted by atomic mass is 35.5. The molecule has 2 aromatic heterocycles. The molecule has 0 aliphatic heterocycles. The summed E-state index contributed by atoms with van der Waals surface area (Å²) in [7, 11) is 1.54. The molecule has 0 spiro atoms. The zero-order valence-corrected chi connectivity index (χ0v) is 18.0. The minimum atomic E-state index is -1.82. The number of hydrogen-bond acceptors (Lipinski definition) is 5. The van der Waals surface area contributed by atoms with Gasteiger partial charge in [-0.1, -0.05) is 17.7 Å². The minimum absolute atomic E-state index is 0.0805. The minimum Gasteiger partial charge on any atom is -0.496 e. The van der Waals surface area contributed by atoms with Crippen LogP contribution in [-0.4, -0.2) is 36.8 Å². The van der Waals surface area contributed by atoms with E-state index < -0.39 is 23.3 Å². The highest BCUT2D eigenvalue weighted by Gasteiger charge is 2.40. The van der Waals surface area contributed by atoms with E-state index in [0.717, 1.165) is 17.7 Å². The van der Waals surface area contributed by atoms with E-state index in [1.54, 1.807) is 37.5 Å². The van der Waals surface area contributed by atoms with Crippen LogP contribution in [0.4, 0.5) is 8.78 Å². The van der Waals surface area contributed by atoms with E-state index in [1.165, 1.54) is 35.2 Å². The van der Waals surface area contributed by atoms with E-state index in [9.17, 15) is 13.9 Å². The Labute approximate surface area is 187 Å². The summed E-state index contributed by atoms with van der Waals surface area (Å²) in [5.41, 5.74) is -0.432. The molecule has 2 aromatic carbocycles. The van der Waals surface area contributed by atoms with E-state index in [-0.39, 0.29) is 12.1 Å². The van der Waals surface area contributed by atoms with Crippen molar-refractivity contribution in [3.63, 3.8) is 0 Å². The molecule has 0 saturated heterocycles. The molecule has 0 bridgehead atoms. The Morgan fingerprint density at radius 3 is 2.69 bits per heavy atom. The van der Waals surface area contributed by atoms with Gasteiger partial charge in [0.05, 0.1) is 25.9 Å². The van der Waals surface area contributed by atoms with Crippen molar-refractivity contribution in [1.29, 1.82) is 0 Å². The number of aliphatic hydroxyl groups is 1. The molecular formula is C22H20ClF2N5O2. The molecule has 1 N–H and O–H groups in total. The van der Waals surface area contributed by atoms with Crippen molar-refractivity contribution in [1.82, 2.24) is 24.5 Å². The fourth-order valence-corrected chi connectivity index (χ4v) is 3.82. The van der Waals surface area contributed by atoms with Gasteiger partial charge in [0, 0.05) is 34.0 Å². The smallest absolute Gasteiger partial charge is 0.137 e. The predicted octanol–water partition coefficient (Wildman–Crippen LogP) is 4.23. The molecule has 0 aliphatic rings. The maximum atomic E-state index is 14.8. The lowest BCUT2D eigenvalue weighted by Gasteiger charge is -2.34. The summed E-state index contributed by atoms with van der Waals surface area (Å²) in [6, 6.07) is 7.52. The zero-order chi connectivity index (χ0) is 22.9. The molecule has 0 saturated carbocycles. The quantitative estimate of drug-likeness (QED) is 0.447. The largest absolute Gasteiger partial charge is 0.496 e. The van der Waals surface area contributed by atoms with Crippen molar-refractivity contribution in [2.45, 2.75) is 25.1 Å². The SMILES string of the molecule is COc1cc(Cl)ccc1-c1cnn([C@H](C)[C@](O)(Cn2cncn2)c2ccc(F)cc2F)c1. The summed E-state index contributed by atoms with van der Waals surface area (Å²) >= 11 is 6.05. The fraction of sp³-hybridized carbons (Fsp3) is 0.227. The second-order valence-electron chi connectivity index (χ2n) is 7.37. The summed E-state index contributed by atoms with van der Waals surface area (Å²) in [6.07, 6.45) is 6.04. The van der Waals surface area contributed by atoms with Gasteiger partial charge < -0.3 is 9.84 Å². The van der Waals surface area contributed by atoms with Gasteiger partial charge in [0.1, 0.15) is 35.6 Å². The third-order valence-corrected chi connectivity index (χ3v) is 5.67.